The Hall–Kier alpha value is -0.440. The Morgan fingerprint density at radius 1 is 2.00 bits per heavy atom. The van der Waals surface area contributed by atoms with Gasteiger partial charge in [-0.05, 0) is 0 Å². The Labute approximate surface area is 40.6 Å². The molecule has 1 aliphatic rings. The zero-order valence-electron chi connectivity index (χ0n) is 3.14. The van der Waals surface area contributed by atoms with Crippen molar-refractivity contribution in [2.24, 2.45) is 4.40 Å². The van der Waals surface area contributed by atoms with Crippen LogP contribution in [0.5, 0.6) is 0 Å². The maximum atomic E-state index is 3.75. The molecule has 0 unspecified atom stereocenters. The molecular weight excluding hydrogens is 96.1 g/mol. The van der Waals surface area contributed by atoms with Gasteiger partial charge in [-0.3, -0.25) is 0 Å². The lowest BCUT2D eigenvalue weighted by Crippen LogP contribution is -1.92. The summed E-state index contributed by atoms with van der Waals surface area (Å²) in [5.41, 5.74) is 0.875. The average Bonchev–Trinajstić information content (AvgIpc) is 1.86. The topological polar surface area (TPSA) is 24.4 Å². The molecule has 1 heterocycles. The maximum Gasteiger partial charge on any atom is 0.0901 e. The summed E-state index contributed by atoms with van der Waals surface area (Å²) in [4.78, 5) is 0. The van der Waals surface area contributed by atoms with Crippen molar-refractivity contribution in [2.45, 2.75) is 0 Å². The Balaban J connectivity index is 2.59. The van der Waals surface area contributed by atoms with Gasteiger partial charge in [0.1, 0.15) is 0 Å². The lowest BCUT2D eigenvalue weighted by atomic mass is 10.6. The minimum atomic E-state index is 0.875. The van der Waals surface area contributed by atoms with Crippen LogP contribution < -0.4 is 4.72 Å². The second-order valence-electron chi connectivity index (χ2n) is 0.953. The van der Waals surface area contributed by atoms with Crippen molar-refractivity contribution in [3.63, 3.8) is 0 Å². The molecule has 1 aliphatic heterocycles. The first-order chi connectivity index (χ1) is 2.89. The van der Waals surface area contributed by atoms with Crippen LogP contribution in [-0.4, -0.2) is 6.21 Å². The number of hydrogen-bond acceptors (Lipinski definition) is 3. The molecule has 0 atom stereocenters. The van der Waals surface area contributed by atoms with Crippen molar-refractivity contribution in [1.82, 2.24) is 4.72 Å². The van der Waals surface area contributed by atoms with Crippen molar-refractivity contribution < 1.29 is 0 Å². The highest BCUT2D eigenvalue weighted by Gasteiger charge is 1.91. The fourth-order valence-electron chi connectivity index (χ4n) is 0.201. The van der Waals surface area contributed by atoms with Crippen LogP contribution in [0.2, 0.25) is 0 Å². The molecule has 3 heteroatoms. The summed E-state index contributed by atoms with van der Waals surface area (Å²) in [6.45, 7) is 3.57. The number of nitrogens with one attached hydrogen (secondary N) is 1. The van der Waals surface area contributed by atoms with Gasteiger partial charge in [0.05, 0.1) is 24.0 Å². The van der Waals surface area contributed by atoms with Crippen LogP contribution in [0.25, 0.3) is 0 Å². The second-order valence-corrected chi connectivity index (χ2v) is 1.55. The molecule has 0 bridgehead atoms. The van der Waals surface area contributed by atoms with Gasteiger partial charge in [0.2, 0.25) is 0 Å². The van der Waals surface area contributed by atoms with E-state index in [1.807, 2.05) is 0 Å². The Morgan fingerprint density at radius 2 is 2.83 bits per heavy atom. The highest BCUT2D eigenvalue weighted by molar-refractivity contribution is 7.96. The third-order valence-corrected chi connectivity index (χ3v) is 1.00. The molecule has 0 saturated carbocycles. The molecule has 0 spiro atoms. The number of hydrogen-bond donors (Lipinski definition) is 1. The summed E-state index contributed by atoms with van der Waals surface area (Å²) in [7, 11) is 0. The van der Waals surface area contributed by atoms with Gasteiger partial charge in [-0.2, -0.15) is 0 Å². The van der Waals surface area contributed by atoms with Gasteiger partial charge in [-0.1, -0.05) is 6.58 Å². The van der Waals surface area contributed by atoms with Crippen LogP contribution in [0, 0.1) is 0 Å². The summed E-state index contributed by atoms with van der Waals surface area (Å²) in [6.07, 6.45) is 1.69. The Kier molecular flexibility index (Phi) is 0.837. The smallest absolute Gasteiger partial charge is 0.0901 e. The normalized spacial score (nSPS) is 18.3. The largest absolute Gasteiger partial charge is 0.310 e. The highest BCUT2D eigenvalue weighted by atomic mass is 32.2. The number of allylic oxidation sites excluding steroid dienone is 1. The summed E-state index contributed by atoms with van der Waals surface area (Å²) < 4.78 is 6.56. The number of rotatable bonds is 0. The van der Waals surface area contributed by atoms with Crippen LogP contribution in [-0.2, 0) is 0 Å². The van der Waals surface area contributed by atoms with Gasteiger partial charge >= 0.3 is 0 Å². The third kappa shape index (κ3) is 0.542. The van der Waals surface area contributed by atoms with Crippen LogP contribution in [0.15, 0.2) is 16.7 Å². The van der Waals surface area contributed by atoms with Crippen LogP contribution in [0.4, 0.5) is 0 Å². The molecule has 1 N–H and O–H groups in total. The molecule has 0 aromatic rings. The summed E-state index contributed by atoms with van der Waals surface area (Å²) in [5, 5.41) is 0. The van der Waals surface area contributed by atoms with Gasteiger partial charge in [-0.25, -0.2) is 4.40 Å². The maximum absolute atomic E-state index is 3.75. The van der Waals surface area contributed by atoms with E-state index in [-0.39, 0.29) is 0 Å². The molecular formula is C3H4N2S. The molecule has 0 saturated heterocycles. The average molecular weight is 100 g/mol. The minimum Gasteiger partial charge on any atom is -0.310 e. The van der Waals surface area contributed by atoms with Crippen molar-refractivity contribution in [3.8, 4) is 0 Å². The first-order valence-electron chi connectivity index (χ1n) is 1.54. The van der Waals surface area contributed by atoms with Gasteiger partial charge in [0.15, 0.2) is 0 Å². The van der Waals surface area contributed by atoms with Crippen LogP contribution in [0.1, 0.15) is 0 Å². The van der Waals surface area contributed by atoms with Gasteiger partial charge in [0, 0.05) is 0 Å². The fraction of sp³-hybridized carbons (Fsp3) is 0. The van der Waals surface area contributed by atoms with E-state index in [0.29, 0.717) is 0 Å². The van der Waals surface area contributed by atoms with Crippen LogP contribution in [0.3, 0.4) is 0 Å². The summed E-state index contributed by atoms with van der Waals surface area (Å²) in [5.74, 6) is 0. The van der Waals surface area contributed by atoms with E-state index in [1.165, 1.54) is 12.1 Å². The molecule has 6 heavy (non-hydrogen) atoms. The minimum absolute atomic E-state index is 0.875. The van der Waals surface area contributed by atoms with Gasteiger partial charge in [0.25, 0.3) is 0 Å². The predicted molar refractivity (Wildman–Crippen MR) is 28.4 cm³/mol. The number of nitrogens with zero attached hydrogens (tertiary/aromatic N) is 1. The van der Waals surface area contributed by atoms with Gasteiger partial charge < -0.3 is 4.72 Å². The van der Waals surface area contributed by atoms with E-state index in [4.69, 9.17) is 0 Å². The van der Waals surface area contributed by atoms with Crippen molar-refractivity contribution in [3.05, 3.63) is 12.3 Å². The zero-order chi connectivity index (χ0) is 4.41. The Morgan fingerprint density at radius 3 is 3.00 bits per heavy atom. The molecule has 1 rings (SSSR count). The monoisotopic (exact) mass is 100 g/mol. The molecule has 0 aromatic heterocycles. The predicted octanol–water partition coefficient (Wildman–Crippen LogP) is 0.737. The van der Waals surface area contributed by atoms with E-state index in [1.54, 1.807) is 6.21 Å². The first-order valence-corrected chi connectivity index (χ1v) is 2.31. The van der Waals surface area contributed by atoms with Gasteiger partial charge in [-0.15, -0.1) is 0 Å². The second kappa shape index (κ2) is 1.34. The van der Waals surface area contributed by atoms with E-state index in [2.05, 4.69) is 15.7 Å². The molecule has 0 radical (unpaired) electrons. The Bertz CT molecular complexity index is 97.0. The van der Waals surface area contributed by atoms with E-state index in [0.717, 1.165) is 5.70 Å². The van der Waals surface area contributed by atoms with E-state index in [9.17, 15) is 0 Å². The molecule has 0 aromatic carbocycles. The SMILES string of the molecule is C=C1C=NSN1. The first kappa shape index (κ1) is 3.74. The summed E-state index contributed by atoms with van der Waals surface area (Å²) in [6, 6.07) is 0. The lowest BCUT2D eigenvalue weighted by Gasteiger charge is -1.82. The van der Waals surface area contributed by atoms with E-state index < -0.39 is 0 Å². The van der Waals surface area contributed by atoms with Crippen molar-refractivity contribution in [1.29, 1.82) is 0 Å². The molecule has 32 valence electrons. The molecule has 0 fully saturated rings. The van der Waals surface area contributed by atoms with E-state index >= 15 is 0 Å². The summed E-state index contributed by atoms with van der Waals surface area (Å²) >= 11 is 1.30. The standard InChI is InChI=1S/C3H4N2S/c1-3-2-4-6-5-3/h2,5H,1H2. The van der Waals surface area contributed by atoms with Crippen molar-refractivity contribution in [2.75, 3.05) is 0 Å². The van der Waals surface area contributed by atoms with Crippen molar-refractivity contribution >= 4 is 18.3 Å². The molecule has 2 nitrogen and oxygen atoms in total. The molecule has 0 amide bonds. The molecule has 0 aliphatic carbocycles. The van der Waals surface area contributed by atoms with Crippen LogP contribution >= 0.6 is 12.1 Å². The quantitative estimate of drug-likeness (QED) is 0.454. The fourth-order valence-corrected chi connectivity index (χ4v) is 0.604. The lowest BCUT2D eigenvalue weighted by molar-refractivity contribution is 1.39. The highest BCUT2D eigenvalue weighted by Crippen LogP contribution is 2.03. The third-order valence-electron chi connectivity index (χ3n) is 0.438. The zero-order valence-corrected chi connectivity index (χ0v) is 3.96.